The number of anilines is 14. The predicted octanol–water partition coefficient (Wildman–Crippen LogP) is 28.8. The molecule has 14 aromatic carbocycles. The van der Waals surface area contributed by atoms with Crippen LogP contribution in [0.25, 0.3) is 66.3 Å². The van der Waals surface area contributed by atoms with Crippen molar-refractivity contribution >= 4 is 104 Å². The standard InChI is InChI=1S/C70H50N4O2.C38H50N4O2/c1-71-69(70(75)76)50-51-22-32-60(33-23-51)72(65-42-46-67(47-43-65)73(61-34-24-56(25-35-61)52-14-6-2-7-15-52)62-36-26-57(27-37-62)53-16-8-3-9-17-53)66-44-48-68(49-45-66)74(63-38-28-58(29-39-63)54-18-10-4-11-19-54)64-40-30-59(31-41-64)55-20-12-5-13-21-55;1-27(2)23-40(24-28(3)4)32-14-18-35(19-15-32)42(34-12-10-31(11-13-34)22-37(39-9)38(43)44)36-20-16-33(17-21-36)41(25-29(5)6)26-30(7)8/h2-50H,(H,75,76);10-22,27-30H,23-26H2,1-8H3,(H,43,44)/b69-50-;37-22-. The van der Waals surface area contributed by atoms with Gasteiger partial charge in [0, 0.05) is 106 Å². The van der Waals surface area contributed by atoms with Crippen LogP contribution in [0, 0.1) is 36.8 Å². The molecule has 0 unspecified atom stereocenters. The molecular formula is C108H100N8O4. The van der Waals surface area contributed by atoms with Gasteiger partial charge in [0.15, 0.2) is 0 Å². The molecule has 596 valence electrons. The number of hydrogen-bond donors (Lipinski definition) is 2. The van der Waals surface area contributed by atoms with Crippen LogP contribution in [0.2, 0.25) is 0 Å². The van der Waals surface area contributed by atoms with E-state index in [4.69, 9.17) is 13.1 Å². The first-order valence-corrected chi connectivity index (χ1v) is 40.9. The van der Waals surface area contributed by atoms with Gasteiger partial charge in [-0.25, -0.2) is 9.69 Å². The fourth-order valence-electron chi connectivity index (χ4n) is 15.0. The summed E-state index contributed by atoms with van der Waals surface area (Å²) in [5, 5.41) is 18.9. The van der Waals surface area contributed by atoms with Crippen molar-refractivity contribution in [3.05, 3.63) is 409 Å². The summed E-state index contributed by atoms with van der Waals surface area (Å²) in [4.78, 5) is 43.4. The fraction of sp³-hybridized carbons (Fsp3) is 0.148. The van der Waals surface area contributed by atoms with E-state index in [0.717, 1.165) is 139 Å². The van der Waals surface area contributed by atoms with Crippen molar-refractivity contribution in [2.24, 2.45) is 23.7 Å². The Balaban J connectivity index is 0.000000241. The molecule has 14 aromatic rings. The molecule has 0 heterocycles. The first-order chi connectivity index (χ1) is 58.3. The number of rotatable bonds is 30. The Morgan fingerprint density at radius 3 is 0.550 bits per heavy atom. The number of carbonyl (C=O) groups is 2. The van der Waals surface area contributed by atoms with Crippen molar-refractivity contribution in [1.82, 2.24) is 0 Å². The monoisotopic (exact) mass is 1570 g/mol. The van der Waals surface area contributed by atoms with Crippen LogP contribution in [0.1, 0.15) is 66.5 Å². The summed E-state index contributed by atoms with van der Waals surface area (Å²) in [5.41, 5.74) is 24.0. The van der Waals surface area contributed by atoms with Gasteiger partial charge in [0.2, 0.25) is 0 Å². The number of aliphatic carboxylic acids is 2. The number of hydrogen-bond acceptors (Lipinski definition) is 8. The van der Waals surface area contributed by atoms with Crippen LogP contribution >= 0.6 is 0 Å². The third kappa shape index (κ3) is 21.3. The highest BCUT2D eigenvalue weighted by Crippen LogP contribution is 2.45. The van der Waals surface area contributed by atoms with Crippen molar-refractivity contribution in [3.8, 4) is 44.5 Å². The molecule has 0 fully saturated rings. The highest BCUT2D eigenvalue weighted by Gasteiger charge is 2.23. The van der Waals surface area contributed by atoms with E-state index in [-0.39, 0.29) is 11.4 Å². The zero-order valence-corrected chi connectivity index (χ0v) is 69.2. The number of carboxylic acid groups (broad SMARTS) is 2. The van der Waals surface area contributed by atoms with Gasteiger partial charge in [0.05, 0.1) is 13.1 Å². The molecule has 0 aromatic heterocycles. The average molecular weight is 1570 g/mol. The van der Waals surface area contributed by atoms with Crippen molar-refractivity contribution in [1.29, 1.82) is 0 Å². The molecule has 12 heteroatoms. The lowest BCUT2D eigenvalue weighted by Crippen LogP contribution is -2.31. The summed E-state index contributed by atoms with van der Waals surface area (Å²) in [6.45, 7) is 36.7. The fourth-order valence-corrected chi connectivity index (χ4v) is 15.0. The highest BCUT2D eigenvalue weighted by atomic mass is 16.4. The molecule has 0 atom stereocenters. The van der Waals surface area contributed by atoms with Crippen LogP contribution in [-0.2, 0) is 9.59 Å². The minimum Gasteiger partial charge on any atom is -0.486 e. The third-order valence-electron chi connectivity index (χ3n) is 20.5. The molecule has 0 spiro atoms. The van der Waals surface area contributed by atoms with Gasteiger partial charge in [-0.2, -0.15) is 0 Å². The second-order valence-electron chi connectivity index (χ2n) is 31.5. The van der Waals surface area contributed by atoms with Gasteiger partial charge >= 0.3 is 11.9 Å². The van der Waals surface area contributed by atoms with Crippen LogP contribution in [0.5, 0.6) is 0 Å². The first kappa shape index (κ1) is 83.2. The maximum absolute atomic E-state index is 11.8. The summed E-state index contributed by atoms with van der Waals surface area (Å²) in [6.07, 6.45) is 2.80. The molecule has 0 amide bonds. The van der Waals surface area contributed by atoms with E-state index in [2.05, 4.69) is 386 Å². The second kappa shape index (κ2) is 39.8. The topological polar surface area (TPSA) is 103 Å². The molecule has 120 heavy (non-hydrogen) atoms. The molecule has 0 radical (unpaired) electrons. The van der Waals surface area contributed by atoms with Gasteiger partial charge in [-0.15, -0.1) is 0 Å². The molecule has 0 aliphatic heterocycles. The summed E-state index contributed by atoms with van der Waals surface area (Å²) in [6, 6.07) is 126. The van der Waals surface area contributed by atoms with Crippen LogP contribution in [0.4, 0.5) is 79.6 Å². The maximum atomic E-state index is 11.8. The number of nitrogens with zero attached hydrogens (tertiary/aromatic N) is 8. The lowest BCUT2D eigenvalue weighted by molar-refractivity contribution is -0.133. The Bertz CT molecular complexity index is 5350. The minimum atomic E-state index is -1.26. The van der Waals surface area contributed by atoms with E-state index in [1.165, 1.54) is 23.5 Å². The van der Waals surface area contributed by atoms with E-state index in [0.29, 0.717) is 34.8 Å². The maximum Gasteiger partial charge on any atom is 0.333 e. The van der Waals surface area contributed by atoms with Gasteiger partial charge in [0.25, 0.3) is 11.4 Å². The highest BCUT2D eigenvalue weighted by molar-refractivity contribution is 5.95. The summed E-state index contributed by atoms with van der Waals surface area (Å²) in [5.74, 6) is -0.239. The molecule has 2 N–H and O–H groups in total. The number of benzene rings is 14. The molecule has 0 saturated carbocycles. The summed E-state index contributed by atoms with van der Waals surface area (Å²) in [7, 11) is 0. The van der Waals surface area contributed by atoms with Gasteiger partial charge in [-0.3, -0.25) is 9.59 Å². The molecule has 0 bridgehead atoms. The van der Waals surface area contributed by atoms with Gasteiger partial charge in [-0.05, 0) is 261 Å². The SMILES string of the molecule is [C-]#[N+]/C(=C\c1ccc(N(c2ccc(N(CC(C)C)CC(C)C)cc2)c2ccc(N(CC(C)C)CC(C)C)cc2)cc1)C(=O)O.[C-]#[N+]/C(=C\c1ccc(N(c2ccc(N(c3ccc(-c4ccccc4)cc3)c3ccc(-c4ccccc4)cc3)cc2)c2ccc(N(c3ccc(-c4ccccc4)cc3)c3ccc(-c4ccccc4)cc3)cc2)cc1)C(=O)O. The summed E-state index contributed by atoms with van der Waals surface area (Å²) < 4.78 is 0. The van der Waals surface area contributed by atoms with E-state index in [1.54, 1.807) is 0 Å². The Morgan fingerprint density at radius 2 is 0.392 bits per heavy atom. The minimum absolute atomic E-state index is 0.305. The molecule has 0 aliphatic carbocycles. The first-order valence-electron chi connectivity index (χ1n) is 40.9. The Labute approximate surface area is 707 Å². The molecule has 0 aliphatic rings. The van der Waals surface area contributed by atoms with Crippen LogP contribution in [0.3, 0.4) is 0 Å². The predicted molar refractivity (Wildman–Crippen MR) is 502 cm³/mol. The quantitative estimate of drug-likeness (QED) is 0.0334. The Morgan fingerprint density at radius 1 is 0.242 bits per heavy atom. The van der Waals surface area contributed by atoms with Crippen molar-refractivity contribution in [3.63, 3.8) is 0 Å². The van der Waals surface area contributed by atoms with E-state index in [9.17, 15) is 19.8 Å². The zero-order valence-electron chi connectivity index (χ0n) is 69.2. The van der Waals surface area contributed by atoms with Gasteiger partial charge in [0.1, 0.15) is 0 Å². The van der Waals surface area contributed by atoms with Crippen molar-refractivity contribution in [2.45, 2.75) is 55.4 Å². The normalized spacial score (nSPS) is 11.3. The van der Waals surface area contributed by atoms with Crippen molar-refractivity contribution < 1.29 is 19.8 Å². The van der Waals surface area contributed by atoms with Gasteiger partial charge in [-0.1, -0.05) is 250 Å². The average Bonchev–Trinajstić information content (AvgIpc) is 0.776. The van der Waals surface area contributed by atoms with Crippen molar-refractivity contribution in [2.75, 3.05) is 55.6 Å². The van der Waals surface area contributed by atoms with Crippen LogP contribution < -0.4 is 29.4 Å². The molecule has 14 rings (SSSR count). The third-order valence-corrected chi connectivity index (χ3v) is 20.5. The van der Waals surface area contributed by atoms with E-state index in [1.807, 2.05) is 72.8 Å². The molecule has 0 saturated heterocycles. The summed E-state index contributed by atoms with van der Waals surface area (Å²) >= 11 is 0. The lowest BCUT2D eigenvalue weighted by atomic mass is 10.0. The van der Waals surface area contributed by atoms with Crippen LogP contribution in [0.15, 0.2) is 375 Å². The van der Waals surface area contributed by atoms with E-state index >= 15 is 0 Å². The van der Waals surface area contributed by atoms with E-state index < -0.39 is 11.9 Å². The largest absolute Gasteiger partial charge is 0.486 e. The second-order valence-corrected chi connectivity index (χ2v) is 31.5. The Kier molecular flexibility index (Phi) is 27.6. The lowest BCUT2D eigenvalue weighted by Gasteiger charge is -2.31. The smallest absolute Gasteiger partial charge is 0.333 e. The number of carboxylic acids is 2. The Hall–Kier alpha value is -14.7. The molecular weight excluding hydrogens is 1470 g/mol. The molecule has 12 nitrogen and oxygen atoms in total. The van der Waals surface area contributed by atoms with Crippen LogP contribution in [-0.4, -0.2) is 48.3 Å². The van der Waals surface area contributed by atoms with Gasteiger partial charge < -0.3 is 39.6 Å². The zero-order chi connectivity index (χ0) is 84.0.